The Hall–Kier alpha value is -0.740. The summed E-state index contributed by atoms with van der Waals surface area (Å²) in [7, 11) is 1.74. The number of rotatable bonds is 3. The average Bonchev–Trinajstić information content (AvgIpc) is 2.93. The summed E-state index contributed by atoms with van der Waals surface area (Å²) in [5.41, 5.74) is 1.28. The number of fused-ring (bicyclic) bond motifs is 1. The van der Waals surface area contributed by atoms with Crippen molar-refractivity contribution in [3.63, 3.8) is 0 Å². The molecule has 1 aromatic rings. The zero-order chi connectivity index (χ0) is 15.0. The van der Waals surface area contributed by atoms with Gasteiger partial charge < -0.3 is 9.64 Å². The van der Waals surface area contributed by atoms with Gasteiger partial charge in [0.25, 0.3) is 0 Å². The molecule has 0 saturated carbocycles. The van der Waals surface area contributed by atoms with E-state index in [0.717, 1.165) is 18.3 Å². The van der Waals surface area contributed by atoms with E-state index < -0.39 is 0 Å². The maximum atomic E-state index is 5.43. The molecule has 0 radical (unpaired) electrons. The molecule has 2 aliphatic rings. The summed E-state index contributed by atoms with van der Waals surface area (Å²) in [4.78, 5) is 5.29. The molecule has 21 heavy (non-hydrogen) atoms. The molecule has 0 N–H and O–H groups in total. The number of benzene rings is 1. The summed E-state index contributed by atoms with van der Waals surface area (Å²) in [5, 5.41) is 0. The van der Waals surface area contributed by atoms with E-state index in [1.165, 1.54) is 36.1 Å². The number of ether oxygens (including phenoxy) is 1. The predicted molar refractivity (Wildman–Crippen MR) is 91.3 cm³/mol. The van der Waals surface area contributed by atoms with E-state index in [1.807, 2.05) is 6.07 Å². The van der Waals surface area contributed by atoms with Gasteiger partial charge in [0.2, 0.25) is 0 Å². The molecule has 2 aliphatic heterocycles. The fraction of sp³-hybridized carbons (Fsp3) is 0.647. The Morgan fingerprint density at radius 3 is 2.81 bits per heavy atom. The van der Waals surface area contributed by atoms with Gasteiger partial charge in [0.1, 0.15) is 5.75 Å². The minimum absolute atomic E-state index is 0.572. The number of anilines is 1. The summed E-state index contributed by atoms with van der Waals surface area (Å²) >= 11 is 3.73. The van der Waals surface area contributed by atoms with Crippen LogP contribution in [-0.2, 0) is 0 Å². The largest absolute Gasteiger partial charge is 0.497 e. The van der Waals surface area contributed by atoms with Crippen molar-refractivity contribution in [2.45, 2.75) is 38.8 Å². The molecule has 2 fully saturated rings. The second-order valence-electron chi connectivity index (χ2n) is 6.57. The molecule has 4 heteroatoms. The maximum Gasteiger partial charge on any atom is 0.121 e. The van der Waals surface area contributed by atoms with E-state index in [1.54, 1.807) is 7.11 Å². The number of nitrogens with zero attached hydrogens (tertiary/aromatic N) is 2. The molecule has 0 spiro atoms. The molecule has 116 valence electrons. The van der Waals surface area contributed by atoms with Gasteiger partial charge in [0, 0.05) is 35.7 Å². The third-order valence-corrected chi connectivity index (χ3v) is 5.63. The van der Waals surface area contributed by atoms with E-state index >= 15 is 0 Å². The Labute approximate surface area is 136 Å². The SMILES string of the molecule is COc1ccc(Br)c(N2CC3CCCN3CC2C(C)C)c1. The van der Waals surface area contributed by atoms with Crippen molar-refractivity contribution in [1.82, 2.24) is 4.90 Å². The molecule has 2 unspecified atom stereocenters. The first kappa shape index (κ1) is 15.2. The zero-order valence-electron chi connectivity index (χ0n) is 13.2. The average molecular weight is 353 g/mol. The van der Waals surface area contributed by atoms with Gasteiger partial charge in [-0.1, -0.05) is 13.8 Å². The number of hydrogen-bond acceptors (Lipinski definition) is 3. The standard InChI is InChI=1S/C17H25BrN2O/c1-12(2)17-11-19-8-4-5-13(19)10-20(17)16-9-14(21-3)6-7-15(16)18/h6-7,9,12-13,17H,4-5,8,10-11H2,1-3H3. The van der Waals surface area contributed by atoms with Gasteiger partial charge in [-0.25, -0.2) is 0 Å². The van der Waals surface area contributed by atoms with Crippen LogP contribution in [0.1, 0.15) is 26.7 Å². The second kappa shape index (κ2) is 6.17. The van der Waals surface area contributed by atoms with Gasteiger partial charge in [-0.05, 0) is 53.4 Å². The highest BCUT2D eigenvalue weighted by Gasteiger charge is 2.38. The first-order chi connectivity index (χ1) is 10.1. The molecule has 2 saturated heterocycles. The van der Waals surface area contributed by atoms with Gasteiger partial charge in [-0.15, -0.1) is 0 Å². The van der Waals surface area contributed by atoms with E-state index in [-0.39, 0.29) is 0 Å². The Morgan fingerprint density at radius 1 is 1.29 bits per heavy atom. The number of methoxy groups -OCH3 is 1. The molecule has 2 atom stereocenters. The third-order valence-electron chi connectivity index (χ3n) is 4.96. The van der Waals surface area contributed by atoms with Crippen LogP contribution in [0.2, 0.25) is 0 Å². The topological polar surface area (TPSA) is 15.7 Å². The van der Waals surface area contributed by atoms with Gasteiger partial charge in [-0.3, -0.25) is 4.90 Å². The Balaban J connectivity index is 1.93. The van der Waals surface area contributed by atoms with Gasteiger partial charge in [0.05, 0.1) is 12.8 Å². The molecule has 1 aromatic carbocycles. The van der Waals surface area contributed by atoms with Crippen LogP contribution in [0.25, 0.3) is 0 Å². The lowest BCUT2D eigenvalue weighted by Gasteiger charge is -2.47. The lowest BCUT2D eigenvalue weighted by molar-refractivity contribution is 0.176. The Kier molecular flexibility index (Phi) is 4.46. The highest BCUT2D eigenvalue weighted by Crippen LogP contribution is 2.37. The zero-order valence-corrected chi connectivity index (χ0v) is 14.8. The summed E-state index contributed by atoms with van der Waals surface area (Å²) in [6.45, 7) is 8.27. The van der Waals surface area contributed by atoms with Crippen LogP contribution in [0.5, 0.6) is 5.75 Å². The molecule has 0 aromatic heterocycles. The lowest BCUT2D eigenvalue weighted by Crippen LogP contribution is -2.58. The van der Waals surface area contributed by atoms with Crippen molar-refractivity contribution in [3.05, 3.63) is 22.7 Å². The number of hydrogen-bond donors (Lipinski definition) is 0. The highest BCUT2D eigenvalue weighted by molar-refractivity contribution is 9.10. The molecule has 0 amide bonds. The van der Waals surface area contributed by atoms with Crippen LogP contribution in [0.4, 0.5) is 5.69 Å². The van der Waals surface area contributed by atoms with E-state index in [4.69, 9.17) is 4.74 Å². The van der Waals surface area contributed by atoms with E-state index in [2.05, 4.69) is 51.7 Å². The number of piperazine rings is 1. The molecule has 0 bridgehead atoms. The van der Waals surface area contributed by atoms with Crippen molar-refractivity contribution >= 4 is 21.6 Å². The minimum Gasteiger partial charge on any atom is -0.497 e. The molecule has 3 nitrogen and oxygen atoms in total. The van der Waals surface area contributed by atoms with Gasteiger partial charge >= 0.3 is 0 Å². The summed E-state index contributed by atoms with van der Waals surface area (Å²) in [5.74, 6) is 1.58. The fourth-order valence-electron chi connectivity index (χ4n) is 3.73. The molecular weight excluding hydrogens is 328 g/mol. The van der Waals surface area contributed by atoms with Crippen molar-refractivity contribution in [1.29, 1.82) is 0 Å². The molecule has 2 heterocycles. The van der Waals surface area contributed by atoms with Crippen LogP contribution in [0, 0.1) is 5.92 Å². The van der Waals surface area contributed by atoms with E-state index in [9.17, 15) is 0 Å². The molecule has 0 aliphatic carbocycles. The van der Waals surface area contributed by atoms with Crippen molar-refractivity contribution in [2.75, 3.05) is 31.6 Å². The van der Waals surface area contributed by atoms with Crippen molar-refractivity contribution < 1.29 is 4.74 Å². The van der Waals surface area contributed by atoms with Gasteiger partial charge in [-0.2, -0.15) is 0 Å². The lowest BCUT2D eigenvalue weighted by atomic mass is 9.96. The van der Waals surface area contributed by atoms with Crippen LogP contribution in [0.3, 0.4) is 0 Å². The van der Waals surface area contributed by atoms with Gasteiger partial charge in [0.15, 0.2) is 0 Å². The monoisotopic (exact) mass is 352 g/mol. The summed E-state index contributed by atoms with van der Waals surface area (Å²) in [6.07, 6.45) is 2.69. The molecular formula is C17H25BrN2O. The quantitative estimate of drug-likeness (QED) is 0.823. The highest BCUT2D eigenvalue weighted by atomic mass is 79.9. The molecule has 3 rings (SSSR count). The summed E-state index contributed by atoms with van der Waals surface area (Å²) in [6, 6.07) is 7.58. The first-order valence-corrected chi connectivity index (χ1v) is 8.73. The maximum absolute atomic E-state index is 5.43. The van der Waals surface area contributed by atoms with Crippen LogP contribution >= 0.6 is 15.9 Å². The first-order valence-electron chi connectivity index (χ1n) is 7.94. The smallest absolute Gasteiger partial charge is 0.121 e. The Bertz CT molecular complexity index is 506. The van der Waals surface area contributed by atoms with Crippen LogP contribution in [0.15, 0.2) is 22.7 Å². The minimum atomic E-state index is 0.572. The normalized spacial score (nSPS) is 26.2. The van der Waals surface area contributed by atoms with Crippen molar-refractivity contribution in [2.24, 2.45) is 5.92 Å². The predicted octanol–water partition coefficient (Wildman–Crippen LogP) is 3.77. The Morgan fingerprint density at radius 2 is 2.10 bits per heavy atom. The summed E-state index contributed by atoms with van der Waals surface area (Å²) < 4.78 is 6.59. The number of halogens is 1. The fourth-order valence-corrected chi connectivity index (χ4v) is 4.21. The van der Waals surface area contributed by atoms with Crippen LogP contribution < -0.4 is 9.64 Å². The van der Waals surface area contributed by atoms with Crippen LogP contribution in [-0.4, -0.2) is 43.7 Å². The van der Waals surface area contributed by atoms with Crippen molar-refractivity contribution in [3.8, 4) is 5.75 Å². The van der Waals surface area contributed by atoms with E-state index in [0.29, 0.717) is 12.0 Å². The third kappa shape index (κ3) is 2.93. The second-order valence-corrected chi connectivity index (χ2v) is 7.43.